The Morgan fingerprint density at radius 2 is 2.12 bits per heavy atom. The summed E-state index contributed by atoms with van der Waals surface area (Å²) >= 11 is 0. The number of nitrogens with two attached hydrogens (primary N) is 1. The Balaban J connectivity index is 1.97. The molecule has 1 atom stereocenters. The molecule has 0 saturated carbocycles. The van der Waals surface area contributed by atoms with Crippen LogP contribution in [0.25, 0.3) is 0 Å². The van der Waals surface area contributed by atoms with E-state index in [0.717, 1.165) is 12.0 Å². The molecule has 0 spiro atoms. The van der Waals surface area contributed by atoms with Gasteiger partial charge in [-0.15, -0.1) is 0 Å². The number of rotatable bonds is 2. The Labute approximate surface area is 97.6 Å². The molecule has 5 heteroatoms. The molecule has 1 unspecified atom stereocenters. The maximum absolute atomic E-state index is 12.1. The summed E-state index contributed by atoms with van der Waals surface area (Å²) in [7, 11) is 0. The van der Waals surface area contributed by atoms with Gasteiger partial charge in [0.15, 0.2) is 0 Å². The van der Waals surface area contributed by atoms with Crippen LogP contribution in [0.5, 0.6) is 5.75 Å². The molecule has 1 aromatic rings. The molecule has 0 radical (unpaired) electrons. The first-order valence-corrected chi connectivity index (χ1v) is 5.56. The van der Waals surface area contributed by atoms with E-state index in [1.54, 1.807) is 12.1 Å². The van der Waals surface area contributed by atoms with Gasteiger partial charge in [0, 0.05) is 12.1 Å². The number of aryl methyl sites for hydroxylation is 1. The number of hydrogen-bond donors (Lipinski definition) is 1. The molecule has 2 nitrogen and oxygen atoms in total. The fourth-order valence-electron chi connectivity index (χ4n) is 1.99. The molecule has 0 fully saturated rings. The molecule has 2 rings (SSSR count). The number of ether oxygens (including phenoxy) is 1. The lowest BCUT2D eigenvalue weighted by Crippen LogP contribution is -2.24. The summed E-state index contributed by atoms with van der Waals surface area (Å²) in [6.45, 7) is 0. The zero-order chi connectivity index (χ0) is 12.5. The van der Waals surface area contributed by atoms with Crippen LogP contribution in [0.4, 0.5) is 18.9 Å². The minimum atomic E-state index is -4.11. The highest BCUT2D eigenvalue weighted by atomic mass is 19.4. The summed E-state index contributed by atoms with van der Waals surface area (Å²) in [5, 5.41) is 0. The number of nitrogen functional groups attached to an aromatic ring is 1. The van der Waals surface area contributed by atoms with Crippen LogP contribution in [-0.4, -0.2) is 12.3 Å². The lowest BCUT2D eigenvalue weighted by atomic mass is 9.99. The molecule has 0 bridgehead atoms. The van der Waals surface area contributed by atoms with Crippen LogP contribution >= 0.6 is 0 Å². The largest absolute Gasteiger partial charge is 0.490 e. The molecule has 1 aliphatic rings. The first kappa shape index (κ1) is 12.1. The van der Waals surface area contributed by atoms with Crippen LogP contribution in [0.3, 0.4) is 0 Å². The number of benzene rings is 1. The van der Waals surface area contributed by atoms with E-state index >= 15 is 0 Å². The smallest absolute Gasteiger partial charge is 0.389 e. The Morgan fingerprint density at radius 3 is 2.82 bits per heavy atom. The molecule has 0 aliphatic carbocycles. The third-order valence-corrected chi connectivity index (χ3v) is 2.86. The van der Waals surface area contributed by atoms with Crippen molar-refractivity contribution in [1.29, 1.82) is 0 Å². The van der Waals surface area contributed by atoms with Crippen molar-refractivity contribution in [1.82, 2.24) is 0 Å². The van der Waals surface area contributed by atoms with Crippen LogP contribution in [0, 0.1) is 0 Å². The lowest BCUT2D eigenvalue weighted by molar-refractivity contribution is -0.139. The lowest BCUT2D eigenvalue weighted by Gasteiger charge is -2.26. The van der Waals surface area contributed by atoms with Crippen LogP contribution in [0.1, 0.15) is 24.8 Å². The fraction of sp³-hybridized carbons (Fsp3) is 0.500. The SMILES string of the molecule is Nc1ccc2c(c1)CCC(CCC(F)(F)F)O2. The maximum atomic E-state index is 12.1. The van der Waals surface area contributed by atoms with Crippen LogP contribution in [-0.2, 0) is 6.42 Å². The van der Waals surface area contributed by atoms with Gasteiger partial charge in [0.1, 0.15) is 5.75 Å². The fourth-order valence-corrected chi connectivity index (χ4v) is 1.99. The molecular weight excluding hydrogens is 231 g/mol. The highest BCUT2D eigenvalue weighted by Gasteiger charge is 2.30. The van der Waals surface area contributed by atoms with E-state index in [1.807, 2.05) is 6.07 Å². The van der Waals surface area contributed by atoms with E-state index in [0.29, 0.717) is 17.9 Å². The maximum Gasteiger partial charge on any atom is 0.389 e. The van der Waals surface area contributed by atoms with E-state index in [1.165, 1.54) is 0 Å². The van der Waals surface area contributed by atoms with Gasteiger partial charge in [0.05, 0.1) is 6.10 Å². The minimum Gasteiger partial charge on any atom is -0.490 e. The van der Waals surface area contributed by atoms with Gasteiger partial charge in [-0.3, -0.25) is 0 Å². The number of hydrogen-bond acceptors (Lipinski definition) is 2. The predicted octanol–water partition coefficient (Wildman–Crippen LogP) is 3.30. The predicted molar refractivity (Wildman–Crippen MR) is 58.9 cm³/mol. The molecule has 17 heavy (non-hydrogen) atoms. The van der Waals surface area contributed by atoms with E-state index in [4.69, 9.17) is 10.5 Å². The van der Waals surface area contributed by atoms with Gasteiger partial charge in [-0.1, -0.05) is 0 Å². The first-order valence-electron chi connectivity index (χ1n) is 5.56. The van der Waals surface area contributed by atoms with Crippen molar-refractivity contribution in [2.75, 3.05) is 5.73 Å². The summed E-state index contributed by atoms with van der Waals surface area (Å²) in [6.07, 6.45) is -3.87. The normalized spacial score (nSPS) is 19.6. The second-order valence-electron chi connectivity index (χ2n) is 4.30. The molecule has 2 N–H and O–H groups in total. The van der Waals surface area contributed by atoms with Crippen molar-refractivity contribution in [3.05, 3.63) is 23.8 Å². The minimum absolute atomic E-state index is 0.0211. The van der Waals surface area contributed by atoms with Crippen molar-refractivity contribution in [2.45, 2.75) is 38.0 Å². The Morgan fingerprint density at radius 1 is 1.35 bits per heavy atom. The molecule has 1 aliphatic heterocycles. The summed E-state index contributed by atoms with van der Waals surface area (Å²) in [5.74, 6) is 0.664. The van der Waals surface area contributed by atoms with E-state index in [-0.39, 0.29) is 12.5 Å². The standard InChI is InChI=1S/C12H14F3NO/c13-12(14,15)6-5-10-3-1-8-7-9(16)2-4-11(8)17-10/h2,4,7,10H,1,3,5-6,16H2. The molecule has 94 valence electrons. The van der Waals surface area contributed by atoms with Gasteiger partial charge in [-0.05, 0) is 43.0 Å². The summed E-state index contributed by atoms with van der Waals surface area (Å²) in [4.78, 5) is 0. The van der Waals surface area contributed by atoms with Crippen molar-refractivity contribution in [3.63, 3.8) is 0 Å². The molecule has 0 amide bonds. The van der Waals surface area contributed by atoms with Crippen molar-refractivity contribution < 1.29 is 17.9 Å². The second kappa shape index (κ2) is 4.47. The summed E-state index contributed by atoms with van der Waals surface area (Å²) in [5.41, 5.74) is 7.26. The van der Waals surface area contributed by atoms with Crippen LogP contribution < -0.4 is 10.5 Å². The first-order chi connectivity index (χ1) is 7.94. The zero-order valence-corrected chi connectivity index (χ0v) is 9.26. The summed E-state index contributed by atoms with van der Waals surface area (Å²) < 4.78 is 41.8. The monoisotopic (exact) mass is 245 g/mol. The number of fused-ring (bicyclic) bond motifs is 1. The molecular formula is C12H14F3NO. The molecule has 1 heterocycles. The highest BCUT2D eigenvalue weighted by molar-refractivity contribution is 5.48. The van der Waals surface area contributed by atoms with Crippen LogP contribution in [0.2, 0.25) is 0 Å². The van der Waals surface area contributed by atoms with E-state index < -0.39 is 12.6 Å². The summed E-state index contributed by atoms with van der Waals surface area (Å²) in [6, 6.07) is 5.24. The van der Waals surface area contributed by atoms with Crippen molar-refractivity contribution in [2.24, 2.45) is 0 Å². The third-order valence-electron chi connectivity index (χ3n) is 2.86. The Hall–Kier alpha value is -1.39. The van der Waals surface area contributed by atoms with Gasteiger partial charge in [0.2, 0.25) is 0 Å². The van der Waals surface area contributed by atoms with Crippen molar-refractivity contribution >= 4 is 5.69 Å². The molecule has 0 aromatic heterocycles. The van der Waals surface area contributed by atoms with Gasteiger partial charge in [-0.25, -0.2) is 0 Å². The van der Waals surface area contributed by atoms with Gasteiger partial charge < -0.3 is 10.5 Å². The third kappa shape index (κ3) is 3.28. The average molecular weight is 245 g/mol. The number of alkyl halides is 3. The van der Waals surface area contributed by atoms with E-state index in [2.05, 4.69) is 0 Å². The number of anilines is 1. The second-order valence-corrected chi connectivity index (χ2v) is 4.30. The van der Waals surface area contributed by atoms with Gasteiger partial charge in [-0.2, -0.15) is 13.2 Å². The average Bonchev–Trinajstić information content (AvgIpc) is 2.25. The van der Waals surface area contributed by atoms with Gasteiger partial charge in [0.25, 0.3) is 0 Å². The van der Waals surface area contributed by atoms with Crippen molar-refractivity contribution in [3.8, 4) is 5.75 Å². The van der Waals surface area contributed by atoms with E-state index in [9.17, 15) is 13.2 Å². The number of halogens is 3. The zero-order valence-electron chi connectivity index (χ0n) is 9.26. The highest BCUT2D eigenvalue weighted by Crippen LogP contribution is 2.32. The molecule has 0 saturated heterocycles. The Kier molecular flexibility index (Phi) is 3.17. The van der Waals surface area contributed by atoms with Crippen LogP contribution in [0.15, 0.2) is 18.2 Å². The van der Waals surface area contributed by atoms with Gasteiger partial charge >= 0.3 is 6.18 Å². The quantitative estimate of drug-likeness (QED) is 0.811. The molecule has 1 aromatic carbocycles. The topological polar surface area (TPSA) is 35.2 Å². The Bertz CT molecular complexity index is 403.